The molecule has 0 radical (unpaired) electrons. The fourth-order valence-corrected chi connectivity index (χ4v) is 7.32. The van der Waals surface area contributed by atoms with Gasteiger partial charge in [0.05, 0.1) is 0 Å². The lowest BCUT2D eigenvalue weighted by molar-refractivity contribution is 0.137. The fraction of sp³-hybridized carbons (Fsp3) is 1.00. The Morgan fingerprint density at radius 3 is 0.864 bits per heavy atom. The molecule has 0 unspecified atom stereocenters. The summed E-state index contributed by atoms with van der Waals surface area (Å²) < 4.78 is 8.62. The minimum atomic E-state index is -1.14. The van der Waals surface area contributed by atoms with Gasteiger partial charge in [-0.15, -0.1) is 0 Å². The molecular weight excluding hydrogens is 292 g/mol. The molecule has 3 heterocycles. The lowest BCUT2D eigenvalue weighted by atomic mass is 10.4. The first-order valence-electron chi connectivity index (χ1n) is 8.91. The van der Waals surface area contributed by atoms with Gasteiger partial charge in [-0.05, 0) is 21.1 Å². The van der Waals surface area contributed by atoms with Crippen LogP contribution >= 0.6 is 0 Å². The van der Waals surface area contributed by atoms with Crippen LogP contribution in [0.1, 0.15) is 0 Å². The highest BCUT2D eigenvalue weighted by Gasteiger charge is 2.37. The summed E-state index contributed by atoms with van der Waals surface area (Å²) in [6, 6.07) is 0. The highest BCUT2D eigenvalue weighted by molar-refractivity contribution is 6.49. The van der Waals surface area contributed by atoms with Gasteiger partial charge >= 0.3 is 0 Å². The molecule has 0 atom stereocenters. The van der Waals surface area contributed by atoms with Crippen molar-refractivity contribution >= 4 is 9.28 Å². The smallest absolute Gasteiger partial charge is 0.273 e. The van der Waals surface area contributed by atoms with Gasteiger partial charge in [0, 0.05) is 78.5 Å². The highest BCUT2D eigenvalue weighted by Crippen LogP contribution is 2.15. The van der Waals surface area contributed by atoms with Gasteiger partial charge < -0.3 is 14.7 Å². The standard InChI is InChI=1S/C15H34N6Si/c1-16-4-10-19(11-5-16)22(20-12-6-17(2)7-13-20)21-14-8-18(3)9-15-21/h22H,4-15H2,1-3H3. The maximum absolute atomic E-state index is 2.87. The summed E-state index contributed by atoms with van der Waals surface area (Å²) in [6.07, 6.45) is 0. The molecule has 0 aromatic carbocycles. The van der Waals surface area contributed by atoms with E-state index in [-0.39, 0.29) is 0 Å². The van der Waals surface area contributed by atoms with Crippen molar-refractivity contribution < 1.29 is 0 Å². The molecule has 7 heteroatoms. The summed E-state index contributed by atoms with van der Waals surface area (Å²) in [6.45, 7) is 15.1. The van der Waals surface area contributed by atoms with Crippen molar-refractivity contribution in [3.05, 3.63) is 0 Å². The first-order valence-corrected chi connectivity index (χ1v) is 10.5. The highest BCUT2D eigenvalue weighted by atomic mass is 28.3. The van der Waals surface area contributed by atoms with Gasteiger partial charge in [0.2, 0.25) is 0 Å². The minimum Gasteiger partial charge on any atom is -0.304 e. The third-order valence-electron chi connectivity index (χ3n) is 5.59. The van der Waals surface area contributed by atoms with E-state index in [1.807, 2.05) is 0 Å². The van der Waals surface area contributed by atoms with Crippen LogP contribution in [0.4, 0.5) is 0 Å². The van der Waals surface area contributed by atoms with E-state index >= 15 is 0 Å². The summed E-state index contributed by atoms with van der Waals surface area (Å²) in [5.41, 5.74) is 0. The van der Waals surface area contributed by atoms with Crippen molar-refractivity contribution in [2.24, 2.45) is 0 Å². The quantitative estimate of drug-likeness (QED) is 0.581. The lowest BCUT2D eigenvalue weighted by Gasteiger charge is -2.50. The Kier molecular flexibility index (Phi) is 5.89. The van der Waals surface area contributed by atoms with Gasteiger partial charge in [-0.1, -0.05) is 0 Å². The van der Waals surface area contributed by atoms with Gasteiger partial charge in [0.1, 0.15) is 0 Å². The van der Waals surface area contributed by atoms with E-state index in [0.717, 1.165) is 0 Å². The Bertz CT molecular complexity index is 281. The van der Waals surface area contributed by atoms with E-state index in [1.165, 1.54) is 78.5 Å². The van der Waals surface area contributed by atoms with Crippen LogP contribution in [0, 0.1) is 0 Å². The van der Waals surface area contributed by atoms with E-state index in [1.54, 1.807) is 0 Å². The predicted molar refractivity (Wildman–Crippen MR) is 94.4 cm³/mol. The van der Waals surface area contributed by atoms with Crippen LogP contribution < -0.4 is 0 Å². The molecule has 3 rings (SSSR count). The summed E-state index contributed by atoms with van der Waals surface area (Å²) in [5.74, 6) is 0. The molecule has 0 aromatic heterocycles. The van der Waals surface area contributed by atoms with E-state index < -0.39 is 9.28 Å². The number of piperazine rings is 3. The lowest BCUT2D eigenvalue weighted by Crippen LogP contribution is -2.70. The molecule has 0 bridgehead atoms. The molecule has 6 nitrogen and oxygen atoms in total. The van der Waals surface area contributed by atoms with Crippen molar-refractivity contribution in [3.63, 3.8) is 0 Å². The predicted octanol–water partition coefficient (Wildman–Crippen LogP) is -1.55. The second-order valence-corrected chi connectivity index (χ2v) is 10.2. The van der Waals surface area contributed by atoms with Crippen LogP contribution in [0.25, 0.3) is 0 Å². The molecule has 3 fully saturated rings. The Balaban J connectivity index is 1.67. The largest absolute Gasteiger partial charge is 0.304 e. The molecule has 0 spiro atoms. The van der Waals surface area contributed by atoms with Crippen LogP contribution in [-0.2, 0) is 0 Å². The van der Waals surface area contributed by atoms with Gasteiger partial charge in [-0.3, -0.25) is 13.7 Å². The Morgan fingerprint density at radius 2 is 0.636 bits per heavy atom. The SMILES string of the molecule is CN1CCN([SiH](N2CCN(C)CC2)N2CCN(C)CC2)CC1. The average Bonchev–Trinajstić information content (AvgIpc) is 2.53. The van der Waals surface area contributed by atoms with Crippen LogP contribution in [0.3, 0.4) is 0 Å². The van der Waals surface area contributed by atoms with Crippen LogP contribution in [-0.4, -0.2) is 137 Å². The molecule has 0 saturated carbocycles. The third-order valence-corrected chi connectivity index (χ3v) is 9.10. The number of hydrogen-bond donors (Lipinski definition) is 0. The van der Waals surface area contributed by atoms with E-state index in [9.17, 15) is 0 Å². The summed E-state index contributed by atoms with van der Waals surface area (Å²) >= 11 is 0. The molecule has 0 N–H and O–H groups in total. The van der Waals surface area contributed by atoms with Crippen LogP contribution in [0.2, 0.25) is 0 Å². The van der Waals surface area contributed by atoms with Crippen molar-refractivity contribution in [1.82, 2.24) is 28.4 Å². The second kappa shape index (κ2) is 7.70. The maximum Gasteiger partial charge on any atom is 0.273 e. The van der Waals surface area contributed by atoms with Crippen molar-refractivity contribution in [2.75, 3.05) is 99.7 Å². The molecule has 128 valence electrons. The Hall–Kier alpha value is -0.0231. The molecular formula is C15H34N6Si. The molecule has 22 heavy (non-hydrogen) atoms. The van der Waals surface area contributed by atoms with Gasteiger partial charge in [0.25, 0.3) is 9.28 Å². The zero-order chi connectivity index (χ0) is 15.5. The van der Waals surface area contributed by atoms with E-state index in [2.05, 4.69) is 49.5 Å². The number of rotatable bonds is 3. The summed E-state index contributed by atoms with van der Waals surface area (Å²) in [5, 5.41) is 0. The van der Waals surface area contributed by atoms with Crippen molar-refractivity contribution in [1.29, 1.82) is 0 Å². The molecule has 0 aliphatic carbocycles. The fourth-order valence-electron chi connectivity index (χ4n) is 3.85. The monoisotopic (exact) mass is 326 g/mol. The van der Waals surface area contributed by atoms with Crippen molar-refractivity contribution in [3.8, 4) is 0 Å². The van der Waals surface area contributed by atoms with Crippen LogP contribution in [0.15, 0.2) is 0 Å². The van der Waals surface area contributed by atoms with Gasteiger partial charge in [0.15, 0.2) is 0 Å². The average molecular weight is 327 g/mol. The van der Waals surface area contributed by atoms with E-state index in [0.29, 0.717) is 0 Å². The van der Waals surface area contributed by atoms with Crippen molar-refractivity contribution in [2.45, 2.75) is 0 Å². The molecule has 3 aliphatic heterocycles. The number of likely N-dealkylation sites (N-methyl/N-ethyl adjacent to an activating group) is 3. The zero-order valence-corrected chi connectivity index (χ0v) is 15.9. The minimum absolute atomic E-state index is 1.14. The van der Waals surface area contributed by atoms with E-state index in [4.69, 9.17) is 0 Å². The first-order chi connectivity index (χ1) is 10.6. The number of nitrogens with zero attached hydrogens (tertiary/aromatic N) is 6. The Labute approximate surface area is 138 Å². The zero-order valence-electron chi connectivity index (χ0n) is 14.7. The molecule has 0 aromatic rings. The molecule has 3 aliphatic rings. The maximum atomic E-state index is 2.87. The molecule has 3 saturated heterocycles. The van der Waals surface area contributed by atoms with Gasteiger partial charge in [-0.2, -0.15) is 0 Å². The summed E-state index contributed by atoms with van der Waals surface area (Å²) in [4.78, 5) is 7.45. The first kappa shape index (κ1) is 16.8. The Morgan fingerprint density at radius 1 is 0.409 bits per heavy atom. The third kappa shape index (κ3) is 4.08. The molecule has 0 amide bonds. The number of hydrogen-bond acceptors (Lipinski definition) is 6. The topological polar surface area (TPSA) is 19.4 Å². The second-order valence-electron chi connectivity index (χ2n) is 7.36. The van der Waals surface area contributed by atoms with Crippen LogP contribution in [0.5, 0.6) is 0 Å². The summed E-state index contributed by atoms with van der Waals surface area (Å²) in [7, 11) is 5.65. The normalized spacial score (nSPS) is 29.5. The van der Waals surface area contributed by atoms with Gasteiger partial charge in [-0.25, -0.2) is 0 Å².